The van der Waals surface area contributed by atoms with E-state index in [-0.39, 0.29) is 18.0 Å². The largest absolute Gasteiger partial charge is 0.465 e. The van der Waals surface area contributed by atoms with Gasteiger partial charge < -0.3 is 14.6 Å². The summed E-state index contributed by atoms with van der Waals surface area (Å²) in [7, 11) is 0. The molecule has 19 heavy (non-hydrogen) atoms. The van der Waals surface area contributed by atoms with Gasteiger partial charge in [0.05, 0.1) is 12.7 Å². The Balaban J connectivity index is 1.99. The number of carbonyl (C=O) groups excluding carboxylic acids is 1. The zero-order valence-corrected chi connectivity index (χ0v) is 11.2. The number of cyclic esters (lactones) is 1. The number of carbonyl (C=O) groups is 1. The van der Waals surface area contributed by atoms with E-state index in [2.05, 4.69) is 13.0 Å². The van der Waals surface area contributed by atoms with Crippen LogP contribution < -0.4 is 0 Å². The van der Waals surface area contributed by atoms with E-state index in [0.717, 1.165) is 18.4 Å². The summed E-state index contributed by atoms with van der Waals surface area (Å²) in [6, 6.07) is 0. The van der Waals surface area contributed by atoms with Gasteiger partial charge in [0.25, 0.3) is 0 Å². The van der Waals surface area contributed by atoms with Crippen molar-refractivity contribution in [3.63, 3.8) is 0 Å². The fourth-order valence-corrected chi connectivity index (χ4v) is 4.47. The van der Waals surface area contributed by atoms with E-state index in [1.54, 1.807) is 0 Å². The van der Waals surface area contributed by atoms with Crippen LogP contribution in [0.25, 0.3) is 0 Å². The van der Waals surface area contributed by atoms with Gasteiger partial charge in [-0.05, 0) is 44.4 Å². The zero-order chi connectivity index (χ0) is 13.4. The number of hydrogen-bond donors (Lipinski definition) is 1. The van der Waals surface area contributed by atoms with Crippen molar-refractivity contribution in [1.82, 2.24) is 0 Å². The summed E-state index contributed by atoms with van der Waals surface area (Å²) in [6.07, 6.45) is 4.73. The minimum atomic E-state index is -0.693. The second kappa shape index (κ2) is 3.30. The Morgan fingerprint density at radius 2 is 2.16 bits per heavy atom. The second-order valence-electron chi connectivity index (χ2n) is 6.38. The molecule has 0 radical (unpaired) electrons. The first-order valence-electron chi connectivity index (χ1n) is 6.91. The van der Waals surface area contributed by atoms with Crippen LogP contribution in [0.1, 0.15) is 26.7 Å². The van der Waals surface area contributed by atoms with Gasteiger partial charge in [0.2, 0.25) is 0 Å². The molecule has 0 aromatic carbocycles. The number of ether oxygens (including phenoxy) is 2. The number of esters is 1. The van der Waals surface area contributed by atoms with Crippen LogP contribution in [0.3, 0.4) is 0 Å². The van der Waals surface area contributed by atoms with E-state index in [0.29, 0.717) is 6.61 Å². The highest BCUT2D eigenvalue weighted by Gasteiger charge is 2.74. The van der Waals surface area contributed by atoms with E-state index in [1.165, 1.54) is 5.57 Å². The smallest absolute Gasteiger partial charge is 0.316 e. The van der Waals surface area contributed by atoms with E-state index in [1.807, 2.05) is 13.0 Å². The van der Waals surface area contributed by atoms with Crippen molar-refractivity contribution < 1.29 is 19.4 Å². The molecule has 0 unspecified atom stereocenters. The normalized spacial score (nSPS) is 51.1. The summed E-state index contributed by atoms with van der Waals surface area (Å²) in [5.41, 5.74) is 0.839. The maximum atomic E-state index is 12.4. The second-order valence-corrected chi connectivity index (χ2v) is 6.38. The van der Waals surface area contributed by atoms with Crippen LogP contribution in [0, 0.1) is 11.3 Å². The van der Waals surface area contributed by atoms with Crippen molar-refractivity contribution in [2.75, 3.05) is 6.61 Å². The van der Waals surface area contributed by atoms with Gasteiger partial charge in [0.15, 0.2) is 0 Å². The van der Waals surface area contributed by atoms with Crippen molar-refractivity contribution in [3.8, 4) is 0 Å². The number of rotatable bonds is 0. The van der Waals surface area contributed by atoms with E-state index < -0.39 is 17.1 Å². The fourth-order valence-electron chi connectivity index (χ4n) is 4.47. The average molecular weight is 262 g/mol. The summed E-state index contributed by atoms with van der Waals surface area (Å²) in [6.45, 7) is 4.36. The van der Waals surface area contributed by atoms with E-state index in [9.17, 15) is 9.90 Å². The average Bonchev–Trinajstić information content (AvgIpc) is 2.80. The van der Waals surface area contributed by atoms with Gasteiger partial charge in [0, 0.05) is 5.92 Å². The van der Waals surface area contributed by atoms with Crippen LogP contribution in [0.2, 0.25) is 0 Å². The van der Waals surface area contributed by atoms with Crippen molar-refractivity contribution in [2.24, 2.45) is 11.3 Å². The summed E-state index contributed by atoms with van der Waals surface area (Å²) in [5, 5.41) is 10.3. The van der Waals surface area contributed by atoms with Gasteiger partial charge in [0.1, 0.15) is 17.1 Å². The molecule has 3 aliphatic heterocycles. The molecule has 5 atom stereocenters. The number of aliphatic hydroxyl groups is 1. The molecule has 0 saturated carbocycles. The predicted octanol–water partition coefficient (Wildman–Crippen LogP) is 1.34. The predicted molar refractivity (Wildman–Crippen MR) is 67.2 cm³/mol. The molecule has 2 bridgehead atoms. The molecule has 102 valence electrons. The number of fused-ring (bicyclic) bond motifs is 2. The quantitative estimate of drug-likeness (QED) is 0.529. The lowest BCUT2D eigenvalue weighted by molar-refractivity contribution is -0.157. The molecular formula is C15H18O4. The molecule has 2 saturated heterocycles. The van der Waals surface area contributed by atoms with Gasteiger partial charge in [-0.2, -0.15) is 0 Å². The van der Waals surface area contributed by atoms with Crippen molar-refractivity contribution >= 4 is 5.97 Å². The van der Waals surface area contributed by atoms with E-state index in [4.69, 9.17) is 9.47 Å². The van der Waals surface area contributed by atoms with Crippen LogP contribution in [-0.4, -0.2) is 35.5 Å². The Bertz CT molecular complexity index is 534. The molecule has 4 nitrogen and oxygen atoms in total. The van der Waals surface area contributed by atoms with Gasteiger partial charge in [-0.25, -0.2) is 0 Å². The van der Waals surface area contributed by atoms with Crippen molar-refractivity contribution in [2.45, 2.75) is 44.5 Å². The first-order chi connectivity index (χ1) is 9.00. The highest BCUT2D eigenvalue weighted by molar-refractivity contribution is 5.84. The number of hydrogen-bond acceptors (Lipinski definition) is 4. The fraction of sp³-hybridized carbons (Fsp3) is 0.667. The minimum absolute atomic E-state index is 0.0342. The van der Waals surface area contributed by atoms with Crippen LogP contribution in [-0.2, 0) is 14.3 Å². The summed E-state index contributed by atoms with van der Waals surface area (Å²) >= 11 is 0. The lowest BCUT2D eigenvalue weighted by Crippen LogP contribution is -2.50. The summed E-state index contributed by atoms with van der Waals surface area (Å²) < 4.78 is 11.5. The molecule has 0 amide bonds. The highest BCUT2D eigenvalue weighted by atomic mass is 16.6. The Kier molecular flexibility index (Phi) is 2.03. The highest BCUT2D eigenvalue weighted by Crippen LogP contribution is 2.63. The third kappa shape index (κ3) is 1.11. The van der Waals surface area contributed by atoms with Crippen LogP contribution in [0.5, 0.6) is 0 Å². The molecule has 4 heteroatoms. The molecule has 3 heterocycles. The van der Waals surface area contributed by atoms with Gasteiger partial charge in [-0.1, -0.05) is 5.57 Å². The first-order valence-corrected chi connectivity index (χ1v) is 6.91. The summed E-state index contributed by atoms with van der Waals surface area (Å²) in [5.74, 6) is -0.185. The first kappa shape index (κ1) is 11.7. The molecule has 0 aromatic rings. The standard InChI is InChI=1S/C15H18O4/c1-8-3-4-15-10(7-18-13(15)17)12-11(16)9(2)6-14(15,5-8)19-12/h5-6,10-12,16H,3-4,7H2,1-2H3/t10-,11-,12-,14-,15+/m1/s1. The lowest BCUT2D eigenvalue weighted by Gasteiger charge is -2.42. The third-order valence-corrected chi connectivity index (χ3v) is 5.41. The SMILES string of the molecule is CC1=C[C@]23C=C(C)[C@@H](O)[C@H](O2)[C@H]2COC(=O)[C@]23CC1. The van der Waals surface area contributed by atoms with Crippen LogP contribution in [0.4, 0.5) is 0 Å². The summed E-state index contributed by atoms with van der Waals surface area (Å²) in [4.78, 5) is 12.4. The van der Waals surface area contributed by atoms with Crippen molar-refractivity contribution in [1.29, 1.82) is 0 Å². The van der Waals surface area contributed by atoms with Gasteiger partial charge in [-0.3, -0.25) is 4.79 Å². The Morgan fingerprint density at radius 3 is 2.95 bits per heavy atom. The molecular weight excluding hydrogens is 244 g/mol. The number of allylic oxidation sites excluding steroid dienone is 1. The molecule has 4 rings (SSSR count). The van der Waals surface area contributed by atoms with E-state index >= 15 is 0 Å². The minimum Gasteiger partial charge on any atom is -0.465 e. The third-order valence-electron chi connectivity index (χ3n) is 5.41. The topological polar surface area (TPSA) is 55.8 Å². The Labute approximate surface area is 112 Å². The molecule has 2 spiro atoms. The Morgan fingerprint density at radius 1 is 1.37 bits per heavy atom. The molecule has 1 N–H and O–H groups in total. The number of aliphatic hydroxyl groups excluding tert-OH is 1. The molecule has 0 aromatic heterocycles. The van der Waals surface area contributed by atoms with Crippen LogP contribution in [0.15, 0.2) is 23.3 Å². The monoisotopic (exact) mass is 262 g/mol. The molecule has 1 aliphatic carbocycles. The van der Waals surface area contributed by atoms with Gasteiger partial charge in [-0.15, -0.1) is 0 Å². The van der Waals surface area contributed by atoms with Gasteiger partial charge >= 0.3 is 5.97 Å². The molecule has 4 aliphatic rings. The maximum absolute atomic E-state index is 12.4. The van der Waals surface area contributed by atoms with Crippen molar-refractivity contribution in [3.05, 3.63) is 23.3 Å². The molecule has 2 fully saturated rings. The Hall–Kier alpha value is -1.13. The lowest BCUT2D eigenvalue weighted by atomic mass is 9.61. The zero-order valence-electron chi connectivity index (χ0n) is 11.2. The van der Waals surface area contributed by atoms with Crippen LogP contribution >= 0.6 is 0 Å². The maximum Gasteiger partial charge on any atom is 0.316 e.